The summed E-state index contributed by atoms with van der Waals surface area (Å²) in [5.41, 5.74) is 9.02. The van der Waals surface area contributed by atoms with Crippen LogP contribution in [-0.2, 0) is 0 Å². The highest BCUT2D eigenvalue weighted by Gasteiger charge is 2.15. The lowest BCUT2D eigenvalue weighted by Gasteiger charge is -2.13. The summed E-state index contributed by atoms with van der Waals surface area (Å²) in [6.07, 6.45) is 4.39. The number of halogens is 1. The summed E-state index contributed by atoms with van der Waals surface area (Å²) >= 11 is 0. The zero-order valence-corrected chi connectivity index (χ0v) is 18.8. The molecule has 1 aromatic heterocycles. The summed E-state index contributed by atoms with van der Waals surface area (Å²) < 4.78 is 13.9. The first kappa shape index (κ1) is 22.7. The monoisotopic (exact) mass is 394 g/mol. The van der Waals surface area contributed by atoms with Crippen molar-refractivity contribution in [1.82, 2.24) is 10.3 Å². The van der Waals surface area contributed by atoms with Crippen LogP contribution in [-0.4, -0.2) is 11.5 Å². The van der Waals surface area contributed by atoms with E-state index in [-0.39, 0.29) is 5.82 Å². The van der Waals surface area contributed by atoms with Crippen LogP contribution in [0, 0.1) is 32.5 Å². The van der Waals surface area contributed by atoms with Crippen molar-refractivity contribution in [1.29, 1.82) is 0 Å². The first-order valence-electron chi connectivity index (χ1n) is 10.4. The Morgan fingerprint density at radius 2 is 1.93 bits per heavy atom. The lowest BCUT2D eigenvalue weighted by atomic mass is 9.94. The standard InChI is InChI=1S/C26H35FN2/c1-9-17(4)12-13-28-20(7)26-19(6)25(29-21(26)8)15-23(16(2)3)24-14-22(27)11-10-18(24)5/h10-11,14-15,17,28-29H,2,7,9,12-13H2,1,3-6,8H3/b23-15+. The van der Waals surface area contributed by atoms with Gasteiger partial charge in [0.2, 0.25) is 0 Å². The molecule has 1 atom stereocenters. The fourth-order valence-corrected chi connectivity index (χ4v) is 3.59. The van der Waals surface area contributed by atoms with E-state index in [0.29, 0.717) is 5.92 Å². The van der Waals surface area contributed by atoms with Crippen molar-refractivity contribution in [3.8, 4) is 0 Å². The molecule has 0 bridgehead atoms. The molecule has 0 aliphatic heterocycles. The van der Waals surface area contributed by atoms with Gasteiger partial charge in [0.25, 0.3) is 0 Å². The molecule has 29 heavy (non-hydrogen) atoms. The molecule has 1 heterocycles. The summed E-state index contributed by atoms with van der Waals surface area (Å²) in [5.74, 6) is 0.464. The summed E-state index contributed by atoms with van der Waals surface area (Å²) in [6.45, 7) is 21.9. The first-order valence-corrected chi connectivity index (χ1v) is 10.4. The molecule has 2 aromatic rings. The molecule has 0 fully saturated rings. The highest BCUT2D eigenvalue weighted by Crippen LogP contribution is 2.31. The minimum atomic E-state index is -0.239. The zero-order valence-electron chi connectivity index (χ0n) is 18.8. The van der Waals surface area contributed by atoms with Gasteiger partial charge in [-0.1, -0.05) is 45.1 Å². The van der Waals surface area contributed by atoms with Crippen LogP contribution in [0.4, 0.5) is 4.39 Å². The second kappa shape index (κ2) is 9.78. The molecule has 0 amide bonds. The van der Waals surface area contributed by atoms with Crippen molar-refractivity contribution in [2.45, 2.75) is 54.4 Å². The maximum atomic E-state index is 13.9. The lowest BCUT2D eigenvalue weighted by molar-refractivity contribution is 0.510. The Morgan fingerprint density at radius 1 is 1.24 bits per heavy atom. The Kier molecular flexibility index (Phi) is 7.66. The Hall–Kier alpha value is -2.55. The van der Waals surface area contributed by atoms with E-state index in [0.717, 1.165) is 63.5 Å². The van der Waals surface area contributed by atoms with Gasteiger partial charge in [-0.05, 0) is 80.5 Å². The van der Waals surface area contributed by atoms with E-state index in [2.05, 4.69) is 57.2 Å². The summed E-state index contributed by atoms with van der Waals surface area (Å²) in [5, 5.41) is 3.48. The summed E-state index contributed by atoms with van der Waals surface area (Å²) in [4.78, 5) is 3.48. The van der Waals surface area contributed by atoms with Gasteiger partial charge in [-0.3, -0.25) is 0 Å². The largest absolute Gasteiger partial charge is 0.385 e. The minimum Gasteiger partial charge on any atom is -0.385 e. The molecule has 2 nitrogen and oxygen atoms in total. The molecule has 0 saturated carbocycles. The fraction of sp³-hybridized carbons (Fsp3) is 0.385. The van der Waals surface area contributed by atoms with Crippen LogP contribution in [0.1, 0.15) is 67.3 Å². The quantitative estimate of drug-likeness (QED) is 0.433. The van der Waals surface area contributed by atoms with Crippen molar-refractivity contribution in [2.75, 3.05) is 6.54 Å². The molecule has 0 aliphatic rings. The van der Waals surface area contributed by atoms with Crippen LogP contribution < -0.4 is 5.32 Å². The van der Waals surface area contributed by atoms with E-state index in [1.807, 2.05) is 19.9 Å². The molecule has 2 N–H and O–H groups in total. The Bertz CT molecular complexity index is 930. The molecule has 0 aliphatic carbocycles. The normalized spacial score (nSPS) is 12.7. The number of nitrogens with one attached hydrogen (secondary N) is 2. The van der Waals surface area contributed by atoms with E-state index in [4.69, 9.17) is 0 Å². The van der Waals surface area contributed by atoms with Crippen LogP contribution in [0.5, 0.6) is 0 Å². The SMILES string of the molecule is C=C(C)/C(=C\c1[nH]c(C)c(C(=C)NCCC(C)CC)c1C)c1cc(F)ccc1C. The number of aromatic amines is 1. The molecule has 0 saturated heterocycles. The van der Waals surface area contributed by atoms with Crippen LogP contribution in [0.3, 0.4) is 0 Å². The van der Waals surface area contributed by atoms with E-state index in [1.54, 1.807) is 6.07 Å². The number of H-pyrrole nitrogens is 1. The number of rotatable bonds is 9. The van der Waals surface area contributed by atoms with Gasteiger partial charge in [0.05, 0.1) is 0 Å². The average Bonchev–Trinajstić information content (AvgIpc) is 2.94. The number of aromatic nitrogens is 1. The van der Waals surface area contributed by atoms with E-state index in [1.165, 1.54) is 12.5 Å². The molecule has 3 heteroatoms. The van der Waals surface area contributed by atoms with Gasteiger partial charge in [0, 0.05) is 29.2 Å². The van der Waals surface area contributed by atoms with Crippen molar-refractivity contribution < 1.29 is 4.39 Å². The first-order chi connectivity index (χ1) is 13.6. The highest BCUT2D eigenvalue weighted by atomic mass is 19.1. The Morgan fingerprint density at radius 3 is 2.55 bits per heavy atom. The van der Waals surface area contributed by atoms with Crippen molar-refractivity contribution in [2.24, 2.45) is 5.92 Å². The highest BCUT2D eigenvalue weighted by molar-refractivity contribution is 5.92. The van der Waals surface area contributed by atoms with Gasteiger partial charge in [0.1, 0.15) is 5.82 Å². The number of hydrogen-bond donors (Lipinski definition) is 2. The molecule has 0 radical (unpaired) electrons. The van der Waals surface area contributed by atoms with Gasteiger partial charge in [-0.2, -0.15) is 0 Å². The molecule has 1 aromatic carbocycles. The molecular formula is C26H35FN2. The van der Waals surface area contributed by atoms with Crippen LogP contribution in [0.15, 0.2) is 36.9 Å². The van der Waals surface area contributed by atoms with Gasteiger partial charge in [0.15, 0.2) is 0 Å². The zero-order chi connectivity index (χ0) is 21.7. The van der Waals surface area contributed by atoms with Crippen molar-refractivity contribution in [3.05, 3.63) is 76.4 Å². The van der Waals surface area contributed by atoms with Crippen molar-refractivity contribution >= 4 is 17.3 Å². The molecular weight excluding hydrogens is 359 g/mol. The van der Waals surface area contributed by atoms with E-state index in [9.17, 15) is 4.39 Å². The summed E-state index contributed by atoms with van der Waals surface area (Å²) in [6, 6.07) is 4.88. The third-order valence-electron chi connectivity index (χ3n) is 5.69. The van der Waals surface area contributed by atoms with Gasteiger partial charge in [-0.25, -0.2) is 4.39 Å². The number of benzene rings is 1. The second-order valence-electron chi connectivity index (χ2n) is 8.17. The smallest absolute Gasteiger partial charge is 0.123 e. The topological polar surface area (TPSA) is 27.8 Å². The minimum absolute atomic E-state index is 0.239. The maximum Gasteiger partial charge on any atom is 0.123 e. The maximum absolute atomic E-state index is 13.9. The van der Waals surface area contributed by atoms with Gasteiger partial charge in [-0.15, -0.1) is 0 Å². The third-order valence-corrected chi connectivity index (χ3v) is 5.69. The summed E-state index contributed by atoms with van der Waals surface area (Å²) in [7, 11) is 0. The Balaban J connectivity index is 2.37. The van der Waals surface area contributed by atoms with Crippen LogP contribution >= 0.6 is 0 Å². The fourth-order valence-electron chi connectivity index (χ4n) is 3.59. The number of allylic oxidation sites excluding steroid dienone is 2. The molecule has 1 unspecified atom stereocenters. The van der Waals surface area contributed by atoms with E-state index < -0.39 is 0 Å². The predicted molar refractivity (Wildman–Crippen MR) is 125 cm³/mol. The number of aryl methyl sites for hydroxylation is 2. The Labute approximate surface area is 175 Å². The molecule has 156 valence electrons. The van der Waals surface area contributed by atoms with Crippen molar-refractivity contribution in [3.63, 3.8) is 0 Å². The van der Waals surface area contributed by atoms with Crippen LogP contribution in [0.25, 0.3) is 17.3 Å². The van der Waals surface area contributed by atoms with Gasteiger partial charge >= 0.3 is 0 Å². The second-order valence-corrected chi connectivity index (χ2v) is 8.17. The van der Waals surface area contributed by atoms with E-state index >= 15 is 0 Å². The average molecular weight is 395 g/mol. The third kappa shape index (κ3) is 5.50. The predicted octanol–water partition coefficient (Wildman–Crippen LogP) is 7.19. The molecule has 2 rings (SSSR count). The van der Waals surface area contributed by atoms with Gasteiger partial charge < -0.3 is 10.3 Å². The van der Waals surface area contributed by atoms with Crippen LogP contribution in [0.2, 0.25) is 0 Å². The molecule has 0 spiro atoms. The lowest BCUT2D eigenvalue weighted by Crippen LogP contribution is -2.16. The number of hydrogen-bond acceptors (Lipinski definition) is 1.